The molecule has 28 heavy (non-hydrogen) atoms. The lowest BCUT2D eigenvalue weighted by Gasteiger charge is -2.33. The number of aryl methyl sites for hydroxylation is 1. The van der Waals surface area contributed by atoms with E-state index in [-0.39, 0.29) is 10.6 Å². The summed E-state index contributed by atoms with van der Waals surface area (Å²) in [6, 6.07) is 13.9. The summed E-state index contributed by atoms with van der Waals surface area (Å²) in [6.45, 7) is 4.85. The second-order valence-corrected chi connectivity index (χ2v) is 9.71. The van der Waals surface area contributed by atoms with E-state index in [1.165, 1.54) is 39.0 Å². The van der Waals surface area contributed by atoms with Crippen molar-refractivity contribution in [3.05, 3.63) is 64.2 Å². The zero-order valence-corrected chi connectivity index (χ0v) is 17.3. The van der Waals surface area contributed by atoms with Gasteiger partial charge in [-0.15, -0.1) is 11.8 Å². The summed E-state index contributed by atoms with van der Waals surface area (Å²) >= 11 is 1.78. The third kappa shape index (κ3) is 4.91. The predicted molar refractivity (Wildman–Crippen MR) is 110 cm³/mol. The maximum atomic E-state index is 12.8. The van der Waals surface area contributed by atoms with Crippen molar-refractivity contribution >= 4 is 27.5 Å². The van der Waals surface area contributed by atoms with Gasteiger partial charge in [-0.05, 0) is 25.1 Å². The summed E-state index contributed by atoms with van der Waals surface area (Å²) in [5, 5.41) is 11.2. The Labute approximate surface area is 169 Å². The van der Waals surface area contributed by atoms with E-state index in [2.05, 4.69) is 36.1 Å². The van der Waals surface area contributed by atoms with Gasteiger partial charge in [-0.2, -0.15) is 4.31 Å². The first-order valence-corrected chi connectivity index (χ1v) is 11.5. The van der Waals surface area contributed by atoms with Gasteiger partial charge in [0.2, 0.25) is 10.0 Å². The molecular weight excluding hydrogens is 398 g/mol. The van der Waals surface area contributed by atoms with Crippen molar-refractivity contribution in [2.75, 3.05) is 38.5 Å². The van der Waals surface area contributed by atoms with Crippen molar-refractivity contribution in [1.29, 1.82) is 0 Å². The van der Waals surface area contributed by atoms with E-state index < -0.39 is 14.9 Å². The molecule has 0 radical (unpaired) electrons. The maximum Gasteiger partial charge on any atom is 0.289 e. The van der Waals surface area contributed by atoms with Gasteiger partial charge in [0, 0.05) is 49.4 Å². The van der Waals surface area contributed by atoms with Gasteiger partial charge in [0.25, 0.3) is 5.69 Å². The summed E-state index contributed by atoms with van der Waals surface area (Å²) in [6.07, 6.45) is 0. The number of hydrogen-bond donors (Lipinski definition) is 0. The smallest absolute Gasteiger partial charge is 0.289 e. The molecular formula is C19H23N3O4S2. The Balaban J connectivity index is 1.54. The molecule has 1 aliphatic heterocycles. The molecule has 0 amide bonds. The van der Waals surface area contributed by atoms with Crippen LogP contribution in [0.4, 0.5) is 5.69 Å². The lowest BCUT2D eigenvalue weighted by Crippen LogP contribution is -2.49. The van der Waals surface area contributed by atoms with Crippen LogP contribution in [0.25, 0.3) is 0 Å². The lowest BCUT2D eigenvalue weighted by molar-refractivity contribution is -0.387. The van der Waals surface area contributed by atoms with Crippen LogP contribution in [0, 0.1) is 17.0 Å². The predicted octanol–water partition coefficient (Wildman–Crippen LogP) is 3.00. The Hall–Kier alpha value is -1.94. The van der Waals surface area contributed by atoms with Gasteiger partial charge >= 0.3 is 0 Å². The Morgan fingerprint density at radius 2 is 1.68 bits per heavy atom. The SMILES string of the molecule is Cc1ccc(SCCN2CCN(S(=O)(=O)c3ccccc3[N+](=O)[O-])CC2)cc1. The third-order valence-electron chi connectivity index (χ3n) is 4.71. The molecule has 9 heteroatoms. The van der Waals surface area contributed by atoms with Gasteiger partial charge in [-0.3, -0.25) is 15.0 Å². The highest BCUT2D eigenvalue weighted by molar-refractivity contribution is 7.99. The van der Waals surface area contributed by atoms with Gasteiger partial charge in [-0.25, -0.2) is 8.42 Å². The number of nitro groups is 1. The van der Waals surface area contributed by atoms with Gasteiger partial charge < -0.3 is 0 Å². The lowest BCUT2D eigenvalue weighted by atomic mass is 10.2. The maximum absolute atomic E-state index is 12.8. The molecule has 1 fully saturated rings. The number of thioether (sulfide) groups is 1. The van der Waals surface area contributed by atoms with Crippen molar-refractivity contribution in [2.24, 2.45) is 0 Å². The minimum Gasteiger partial charge on any atom is -0.300 e. The van der Waals surface area contributed by atoms with E-state index in [9.17, 15) is 18.5 Å². The molecule has 0 saturated carbocycles. The minimum absolute atomic E-state index is 0.233. The average Bonchev–Trinajstić information content (AvgIpc) is 2.70. The van der Waals surface area contributed by atoms with Crippen molar-refractivity contribution in [1.82, 2.24) is 9.21 Å². The largest absolute Gasteiger partial charge is 0.300 e. The molecule has 2 aromatic carbocycles. The highest BCUT2D eigenvalue weighted by atomic mass is 32.2. The second-order valence-electron chi connectivity index (χ2n) is 6.63. The van der Waals surface area contributed by atoms with Gasteiger partial charge in [0.1, 0.15) is 0 Å². The molecule has 0 bridgehead atoms. The summed E-state index contributed by atoms with van der Waals surface area (Å²) in [5.41, 5.74) is 0.861. The van der Waals surface area contributed by atoms with Gasteiger partial charge in [0.05, 0.1) is 4.92 Å². The first-order chi connectivity index (χ1) is 13.4. The Kier molecular flexibility index (Phi) is 6.71. The standard InChI is InChI=1S/C19H23N3O4S2/c1-16-6-8-17(9-7-16)27-15-14-20-10-12-21(13-11-20)28(25,26)19-5-3-2-4-18(19)22(23)24/h2-9H,10-15H2,1H3. The topological polar surface area (TPSA) is 83.8 Å². The summed E-state index contributed by atoms with van der Waals surface area (Å²) in [7, 11) is -3.87. The van der Waals surface area contributed by atoms with E-state index >= 15 is 0 Å². The molecule has 150 valence electrons. The first-order valence-electron chi connectivity index (χ1n) is 9.03. The van der Waals surface area contributed by atoms with Gasteiger partial charge in [0.15, 0.2) is 4.90 Å². The molecule has 0 atom stereocenters. The number of nitrogens with zero attached hydrogens (tertiary/aromatic N) is 3. The quantitative estimate of drug-likeness (QED) is 0.388. The number of para-hydroxylation sites is 1. The fraction of sp³-hybridized carbons (Fsp3) is 0.368. The fourth-order valence-corrected chi connectivity index (χ4v) is 5.58. The zero-order chi connectivity index (χ0) is 20.1. The molecule has 3 rings (SSSR count). The van der Waals surface area contributed by atoms with Crippen molar-refractivity contribution in [3.63, 3.8) is 0 Å². The van der Waals surface area contributed by atoms with Crippen LogP contribution in [0.15, 0.2) is 58.3 Å². The van der Waals surface area contributed by atoms with E-state index in [1.54, 1.807) is 11.8 Å². The highest BCUT2D eigenvalue weighted by Crippen LogP contribution is 2.27. The van der Waals surface area contributed by atoms with Gasteiger partial charge in [-0.1, -0.05) is 29.8 Å². The van der Waals surface area contributed by atoms with E-state index in [0.717, 1.165) is 12.3 Å². The Morgan fingerprint density at radius 3 is 2.32 bits per heavy atom. The van der Waals surface area contributed by atoms with Crippen LogP contribution in [0.5, 0.6) is 0 Å². The molecule has 2 aromatic rings. The van der Waals surface area contributed by atoms with Crippen LogP contribution in [0.3, 0.4) is 0 Å². The summed E-state index contributed by atoms with van der Waals surface area (Å²) in [4.78, 5) is 13.7. The van der Waals surface area contributed by atoms with Crippen LogP contribution >= 0.6 is 11.8 Å². The molecule has 1 heterocycles. The number of rotatable bonds is 7. The molecule has 1 saturated heterocycles. The first kappa shape index (κ1) is 20.8. The van der Waals surface area contributed by atoms with Crippen molar-refractivity contribution < 1.29 is 13.3 Å². The summed E-state index contributed by atoms with van der Waals surface area (Å²) in [5.74, 6) is 0.931. The molecule has 0 unspecified atom stereocenters. The van der Waals surface area contributed by atoms with Crippen LogP contribution in [0.1, 0.15) is 5.56 Å². The minimum atomic E-state index is -3.87. The number of hydrogen-bond acceptors (Lipinski definition) is 6. The van der Waals surface area contributed by atoms with Crippen LogP contribution < -0.4 is 0 Å². The molecule has 0 aliphatic carbocycles. The number of piperazine rings is 1. The van der Waals surface area contributed by atoms with E-state index in [0.29, 0.717) is 26.2 Å². The molecule has 7 nitrogen and oxygen atoms in total. The second kappa shape index (κ2) is 9.04. The van der Waals surface area contributed by atoms with Crippen LogP contribution in [-0.4, -0.2) is 61.0 Å². The monoisotopic (exact) mass is 421 g/mol. The van der Waals surface area contributed by atoms with Crippen LogP contribution in [-0.2, 0) is 10.0 Å². The Bertz CT molecular complexity index is 924. The molecule has 0 N–H and O–H groups in total. The van der Waals surface area contributed by atoms with Crippen LogP contribution in [0.2, 0.25) is 0 Å². The normalized spacial score (nSPS) is 16.2. The van der Waals surface area contributed by atoms with E-state index in [4.69, 9.17) is 0 Å². The zero-order valence-electron chi connectivity index (χ0n) is 15.7. The fourth-order valence-electron chi connectivity index (χ4n) is 3.09. The third-order valence-corrected chi connectivity index (χ3v) is 7.65. The summed E-state index contributed by atoms with van der Waals surface area (Å²) < 4.78 is 27.0. The van der Waals surface area contributed by atoms with E-state index in [1.807, 2.05) is 0 Å². The molecule has 1 aliphatic rings. The van der Waals surface area contributed by atoms with Crippen molar-refractivity contribution in [2.45, 2.75) is 16.7 Å². The molecule has 0 aromatic heterocycles. The van der Waals surface area contributed by atoms with Crippen molar-refractivity contribution in [3.8, 4) is 0 Å². The average molecular weight is 422 g/mol. The number of sulfonamides is 1. The molecule has 0 spiro atoms. The number of benzene rings is 2. The highest BCUT2D eigenvalue weighted by Gasteiger charge is 2.33. The Morgan fingerprint density at radius 1 is 1.04 bits per heavy atom. The number of nitro benzene ring substituents is 1.